The average molecular weight is 1120 g/mol. The largest absolute Gasteiger partial charge is 0.504 e. The maximum absolute atomic E-state index is 14.9. The van der Waals surface area contributed by atoms with Crippen LogP contribution in [0.2, 0.25) is 0 Å². The molecule has 1 saturated heterocycles. The number of phenolic OH excluding ortho intramolecular Hbond substituents is 13. The zero-order valence-electron chi connectivity index (χ0n) is 38.9. The molecule has 80 heavy (non-hydrogen) atoms. The number of ketones is 1. The number of aliphatic hydroxyl groups is 3. The predicted octanol–water partition coefficient (Wildman–Crippen LogP) is -0.200. The van der Waals surface area contributed by atoms with Gasteiger partial charge in [0.2, 0.25) is 46.9 Å². The van der Waals surface area contributed by atoms with Crippen LogP contribution in [0.3, 0.4) is 0 Å². The van der Waals surface area contributed by atoms with Crippen molar-refractivity contribution >= 4 is 41.6 Å². The Morgan fingerprint density at radius 2 is 1.10 bits per heavy atom. The van der Waals surface area contributed by atoms with Gasteiger partial charge in [-0.2, -0.15) is 0 Å². The third-order valence-corrected chi connectivity index (χ3v) is 13.2. The van der Waals surface area contributed by atoms with Gasteiger partial charge < -0.3 is 125 Å². The van der Waals surface area contributed by atoms with Gasteiger partial charge in [-0.25, -0.2) is 28.8 Å². The number of fused-ring (bicyclic) bond motifs is 3. The summed E-state index contributed by atoms with van der Waals surface area (Å²) in [4.78, 5) is 98.5. The first-order chi connectivity index (χ1) is 37.5. The molecule has 32 heteroatoms. The van der Waals surface area contributed by atoms with E-state index in [9.17, 15) is 120 Å². The van der Waals surface area contributed by atoms with Crippen LogP contribution >= 0.6 is 0 Å². The lowest BCUT2D eigenvalue weighted by Crippen LogP contribution is -2.66. The van der Waals surface area contributed by atoms with E-state index in [0.29, 0.717) is 30.3 Å². The van der Waals surface area contributed by atoms with E-state index in [1.807, 2.05) is 0 Å². The van der Waals surface area contributed by atoms with E-state index in [2.05, 4.69) is 0 Å². The number of hydrogen-bond acceptors (Lipinski definition) is 31. The summed E-state index contributed by atoms with van der Waals surface area (Å²) in [7, 11) is 0. The summed E-state index contributed by atoms with van der Waals surface area (Å²) in [5.74, 6) is -45.6. The third kappa shape index (κ3) is 7.64. The van der Waals surface area contributed by atoms with Gasteiger partial charge in [-0.15, -0.1) is 0 Å². The first-order valence-corrected chi connectivity index (χ1v) is 22.2. The number of hydrogen-bond donors (Lipinski definition) is 17. The molecule has 5 aromatic rings. The van der Waals surface area contributed by atoms with Gasteiger partial charge in [-0.05, 0) is 30.3 Å². The number of ether oxygens (including phenoxy) is 8. The van der Waals surface area contributed by atoms with Crippen molar-refractivity contribution in [2.24, 2.45) is 0 Å². The normalized spacial score (nSPS) is 23.5. The molecule has 7 atom stereocenters. The van der Waals surface area contributed by atoms with Crippen LogP contribution in [-0.2, 0) is 38.0 Å². The molecule has 416 valence electrons. The molecule has 2 unspecified atom stereocenters. The smallest absolute Gasteiger partial charge is 0.340 e. The fourth-order valence-corrected chi connectivity index (χ4v) is 9.33. The number of carbonyl (C=O) groups is 7. The SMILES string of the molecule is O=C1O[C@H]2[C@@H]3OC(=O)c4cc(O)c(O)c(O)c4-c4c(cc(Oc5c(C(=O)O)cc(O)c(O)c5O)c(O)c4O)C(=O)OC[C@H]2O[C@@H](OC(=O)c2cc(O)c(O)c(O)c2)[C@@H]3OC(=O)c2cc(O)c(O)c3c2C2C1=CC(=O)C(O)(O)C2(O)O3. The molecule has 32 nitrogen and oxygen atoms in total. The fourth-order valence-electron chi connectivity index (χ4n) is 9.33. The van der Waals surface area contributed by atoms with Gasteiger partial charge in [0, 0.05) is 28.8 Å². The Balaban J connectivity index is 1.20. The van der Waals surface area contributed by atoms with Crippen LogP contribution < -0.4 is 9.47 Å². The second-order valence-corrected chi connectivity index (χ2v) is 17.8. The van der Waals surface area contributed by atoms with Crippen LogP contribution in [0.4, 0.5) is 0 Å². The molecule has 17 N–H and O–H groups in total. The Morgan fingerprint density at radius 3 is 1.75 bits per heavy atom. The summed E-state index contributed by atoms with van der Waals surface area (Å²) >= 11 is 0. The minimum absolute atomic E-state index is 0.158. The number of carbonyl (C=O) groups excluding carboxylic acids is 6. The molecular weight excluding hydrogens is 1090 g/mol. The number of carboxylic acids is 1. The highest BCUT2D eigenvalue weighted by atomic mass is 16.8. The van der Waals surface area contributed by atoms with Gasteiger partial charge in [-0.3, -0.25) is 4.79 Å². The van der Waals surface area contributed by atoms with E-state index in [1.165, 1.54) is 0 Å². The second-order valence-electron chi connectivity index (χ2n) is 17.8. The summed E-state index contributed by atoms with van der Waals surface area (Å²) in [5, 5.41) is 183. The van der Waals surface area contributed by atoms with E-state index >= 15 is 0 Å². The maximum atomic E-state index is 14.9. The highest BCUT2D eigenvalue weighted by Crippen LogP contribution is 2.61. The molecule has 0 radical (unpaired) electrons. The topological polar surface area (TPSA) is 537 Å². The van der Waals surface area contributed by atoms with Crippen LogP contribution in [0.25, 0.3) is 11.1 Å². The highest BCUT2D eigenvalue weighted by molar-refractivity contribution is 6.10. The van der Waals surface area contributed by atoms with Gasteiger partial charge in [0.1, 0.15) is 18.3 Å². The molecule has 4 aliphatic heterocycles. The molecule has 0 saturated carbocycles. The molecule has 4 heterocycles. The summed E-state index contributed by atoms with van der Waals surface area (Å²) < 4.78 is 44.7. The molecule has 5 aliphatic rings. The summed E-state index contributed by atoms with van der Waals surface area (Å²) in [6.45, 7) is -1.47. The van der Waals surface area contributed by atoms with Crippen LogP contribution in [0.15, 0.2) is 48.0 Å². The molecule has 0 aromatic heterocycles. The fraction of sp³-hybridized carbons (Fsp3) is 0.188. The molecule has 0 spiro atoms. The number of esters is 5. The molecule has 4 bridgehead atoms. The van der Waals surface area contributed by atoms with Crippen molar-refractivity contribution in [2.75, 3.05) is 6.61 Å². The van der Waals surface area contributed by atoms with E-state index in [4.69, 9.17) is 37.9 Å². The van der Waals surface area contributed by atoms with Crippen molar-refractivity contribution in [3.63, 3.8) is 0 Å². The van der Waals surface area contributed by atoms with Gasteiger partial charge in [0.15, 0.2) is 75.5 Å². The number of phenols is 13. The lowest BCUT2D eigenvalue weighted by atomic mass is 9.74. The third-order valence-electron chi connectivity index (χ3n) is 13.2. The molecule has 1 fully saturated rings. The number of benzene rings is 5. The zero-order valence-corrected chi connectivity index (χ0v) is 38.9. The number of cyclic esters (lactones) is 1. The molecule has 1 aliphatic carbocycles. The van der Waals surface area contributed by atoms with Gasteiger partial charge in [0.25, 0.3) is 11.6 Å². The van der Waals surface area contributed by atoms with Crippen molar-refractivity contribution < 1.29 is 158 Å². The minimum atomic E-state index is -4.09. The first kappa shape index (κ1) is 52.6. The molecule has 10 rings (SSSR count). The Labute approximate surface area is 438 Å². The second kappa shape index (κ2) is 17.9. The molecule has 0 amide bonds. The monoisotopic (exact) mass is 1120 g/mol. The van der Waals surface area contributed by atoms with Crippen LogP contribution in [-0.4, -0.2) is 177 Å². The standard InChI is InChI=1S/C48H32O32/c49-15-1-9(2-16(50)27(15)55)41(65)79-46-39-38-36(76-45(69)13-7-22(54)47(70,71)48(72)26(13)25-11(44(68)78-39)4-19(53)30(58)37(25)80-48)21(75-46)8-73-42(66)12-6-20(74-35-14(40(63)64)5-18(52)29(57)34(35)62)31(59)33(61)24(12)23-10(43(67)77-38)3-17(51)28(56)32(23)60/h1-7,21,26,36,38-39,46,49-53,55-62,70-72H,8H2,(H,63,64)/t21-,26?,36-,38+,39-,46+,48?/m1/s1. The van der Waals surface area contributed by atoms with E-state index in [0.717, 1.165) is 0 Å². The minimum Gasteiger partial charge on any atom is -0.504 e. The van der Waals surface area contributed by atoms with Crippen LogP contribution in [0.5, 0.6) is 92.0 Å². The first-order valence-electron chi connectivity index (χ1n) is 22.2. The Hall–Kier alpha value is -10.8. The van der Waals surface area contributed by atoms with Crippen LogP contribution in [0.1, 0.15) is 63.3 Å². The van der Waals surface area contributed by atoms with Crippen molar-refractivity contribution in [3.05, 3.63) is 81.4 Å². The van der Waals surface area contributed by atoms with E-state index < -0.39 is 238 Å². The Kier molecular flexibility index (Phi) is 11.8. The summed E-state index contributed by atoms with van der Waals surface area (Å²) in [6.07, 6.45) is -12.8. The Bertz CT molecular complexity index is 3700. The van der Waals surface area contributed by atoms with Crippen molar-refractivity contribution in [3.8, 4) is 103 Å². The van der Waals surface area contributed by atoms with Gasteiger partial charge in [-0.1, -0.05) is 0 Å². The number of rotatable bonds is 5. The van der Waals surface area contributed by atoms with Crippen LogP contribution in [0, 0.1) is 0 Å². The van der Waals surface area contributed by atoms with E-state index in [-0.39, 0.29) is 12.1 Å². The summed E-state index contributed by atoms with van der Waals surface area (Å²) in [5.41, 5.74) is -10.4. The molecule has 5 aromatic carbocycles. The lowest BCUT2D eigenvalue weighted by molar-refractivity contribution is -0.323. The molecular formula is C48H32O32. The van der Waals surface area contributed by atoms with Crippen molar-refractivity contribution in [1.82, 2.24) is 0 Å². The predicted molar refractivity (Wildman–Crippen MR) is 241 cm³/mol. The number of aromatic carboxylic acids is 1. The van der Waals surface area contributed by atoms with E-state index in [1.54, 1.807) is 0 Å². The zero-order chi connectivity index (χ0) is 58.3. The summed E-state index contributed by atoms with van der Waals surface area (Å²) in [6, 6.07) is 2.41. The highest BCUT2D eigenvalue weighted by Gasteiger charge is 2.71. The number of carboxylic acid groups (broad SMARTS) is 1. The maximum Gasteiger partial charge on any atom is 0.340 e. The van der Waals surface area contributed by atoms with Gasteiger partial charge >= 0.3 is 35.8 Å². The van der Waals surface area contributed by atoms with Gasteiger partial charge in [0.05, 0.1) is 33.7 Å². The lowest BCUT2D eigenvalue weighted by Gasteiger charge is -2.44. The Morgan fingerprint density at radius 1 is 0.562 bits per heavy atom. The van der Waals surface area contributed by atoms with Crippen molar-refractivity contribution in [2.45, 2.75) is 48.2 Å². The quantitative estimate of drug-likeness (QED) is 0.0469. The number of aromatic hydroxyl groups is 13. The van der Waals surface area contributed by atoms with Crippen molar-refractivity contribution in [1.29, 1.82) is 0 Å². The average Bonchev–Trinajstić information content (AvgIpc) is 3.85.